The molecule has 1 aliphatic heterocycles. The summed E-state index contributed by atoms with van der Waals surface area (Å²) in [6, 6.07) is 18.6. The van der Waals surface area contributed by atoms with Gasteiger partial charge in [-0.05, 0) is 60.4 Å². The van der Waals surface area contributed by atoms with Crippen molar-refractivity contribution < 1.29 is 4.74 Å². The molecular formula is C25H24N6O. The third-order valence-electron chi connectivity index (χ3n) is 5.54. The molecule has 7 heteroatoms. The lowest BCUT2D eigenvalue weighted by Gasteiger charge is -2.30. The van der Waals surface area contributed by atoms with Crippen molar-refractivity contribution in [1.29, 1.82) is 0 Å². The predicted octanol–water partition coefficient (Wildman–Crippen LogP) is 4.54. The van der Waals surface area contributed by atoms with Crippen molar-refractivity contribution in [3.8, 4) is 11.6 Å². The minimum absolute atomic E-state index is 0.486. The van der Waals surface area contributed by atoms with Crippen molar-refractivity contribution in [1.82, 2.24) is 20.2 Å². The van der Waals surface area contributed by atoms with Crippen molar-refractivity contribution >= 4 is 11.5 Å². The second kappa shape index (κ2) is 9.01. The van der Waals surface area contributed by atoms with Gasteiger partial charge >= 0.3 is 0 Å². The fourth-order valence-electron chi connectivity index (χ4n) is 3.86. The number of fused-ring (bicyclic) bond motifs is 1. The molecule has 3 heterocycles. The van der Waals surface area contributed by atoms with Crippen LogP contribution in [0.3, 0.4) is 0 Å². The van der Waals surface area contributed by atoms with E-state index in [1.54, 1.807) is 18.6 Å². The summed E-state index contributed by atoms with van der Waals surface area (Å²) < 4.78 is 5.72. The third-order valence-corrected chi connectivity index (χ3v) is 5.54. The third kappa shape index (κ3) is 4.51. The first kappa shape index (κ1) is 19.9. The smallest absolute Gasteiger partial charge is 0.237 e. The van der Waals surface area contributed by atoms with E-state index in [1.807, 2.05) is 31.2 Å². The van der Waals surface area contributed by atoms with Crippen LogP contribution >= 0.6 is 0 Å². The van der Waals surface area contributed by atoms with Crippen LogP contribution in [0.4, 0.5) is 11.5 Å². The molecular weight excluding hydrogens is 400 g/mol. The molecule has 0 amide bonds. The Morgan fingerprint density at radius 3 is 2.69 bits per heavy atom. The molecule has 0 fully saturated rings. The van der Waals surface area contributed by atoms with Gasteiger partial charge in [-0.2, -0.15) is 5.10 Å². The van der Waals surface area contributed by atoms with E-state index in [4.69, 9.17) is 4.74 Å². The zero-order valence-corrected chi connectivity index (χ0v) is 17.9. The van der Waals surface area contributed by atoms with Crippen molar-refractivity contribution in [2.24, 2.45) is 0 Å². The van der Waals surface area contributed by atoms with E-state index in [0.29, 0.717) is 5.88 Å². The Hall–Kier alpha value is -4.00. The van der Waals surface area contributed by atoms with Crippen LogP contribution in [-0.4, -0.2) is 26.7 Å². The largest absolute Gasteiger partial charge is 0.438 e. The summed E-state index contributed by atoms with van der Waals surface area (Å²) in [4.78, 5) is 10.4. The van der Waals surface area contributed by atoms with E-state index in [1.165, 1.54) is 22.4 Å². The van der Waals surface area contributed by atoms with Gasteiger partial charge in [0.1, 0.15) is 5.75 Å². The number of anilines is 2. The zero-order chi connectivity index (χ0) is 21.8. The summed E-state index contributed by atoms with van der Waals surface area (Å²) in [5.41, 5.74) is 6.02. The first-order valence-electron chi connectivity index (χ1n) is 10.7. The Morgan fingerprint density at radius 2 is 1.91 bits per heavy atom. The van der Waals surface area contributed by atoms with Crippen LogP contribution in [0.25, 0.3) is 0 Å². The maximum absolute atomic E-state index is 5.72. The van der Waals surface area contributed by atoms with Gasteiger partial charge in [-0.3, -0.25) is 4.98 Å². The van der Waals surface area contributed by atoms with Gasteiger partial charge in [-0.25, -0.2) is 4.98 Å². The summed E-state index contributed by atoms with van der Waals surface area (Å²) in [7, 11) is 0. The molecule has 0 atom stereocenters. The number of nitrogens with one attached hydrogen (secondary N) is 1. The molecule has 0 radical (unpaired) electrons. The SMILES string of the molecule is Cc1ccc(N2CCc3c(cccc3NCc3ccc(Oc4cnccn4)cc3)C2)nn1. The van der Waals surface area contributed by atoms with Gasteiger partial charge < -0.3 is 15.0 Å². The molecule has 0 saturated heterocycles. The van der Waals surface area contributed by atoms with Gasteiger partial charge in [0, 0.05) is 37.7 Å². The van der Waals surface area contributed by atoms with Crippen LogP contribution in [0.2, 0.25) is 0 Å². The summed E-state index contributed by atoms with van der Waals surface area (Å²) in [5, 5.41) is 12.2. The van der Waals surface area contributed by atoms with Crippen LogP contribution in [0.15, 0.2) is 73.2 Å². The minimum atomic E-state index is 0.486. The lowest BCUT2D eigenvalue weighted by atomic mass is 9.97. The molecule has 4 aromatic rings. The van der Waals surface area contributed by atoms with Gasteiger partial charge in [0.15, 0.2) is 5.82 Å². The normalized spacial score (nSPS) is 12.8. The Morgan fingerprint density at radius 1 is 1.00 bits per heavy atom. The number of ether oxygens (including phenoxy) is 1. The Labute approximate surface area is 187 Å². The molecule has 0 aliphatic carbocycles. The summed E-state index contributed by atoms with van der Waals surface area (Å²) in [5.74, 6) is 2.16. The van der Waals surface area contributed by atoms with Crippen LogP contribution in [-0.2, 0) is 19.5 Å². The summed E-state index contributed by atoms with van der Waals surface area (Å²) >= 11 is 0. The van der Waals surface area contributed by atoms with Gasteiger partial charge in [0.05, 0.1) is 11.9 Å². The molecule has 0 bridgehead atoms. The molecule has 1 aliphatic rings. The fourth-order valence-corrected chi connectivity index (χ4v) is 3.86. The fraction of sp³-hybridized carbons (Fsp3) is 0.200. The summed E-state index contributed by atoms with van der Waals surface area (Å²) in [6.07, 6.45) is 5.80. The number of aryl methyl sites for hydroxylation is 1. The van der Waals surface area contributed by atoms with Gasteiger partial charge in [0.25, 0.3) is 0 Å². The van der Waals surface area contributed by atoms with E-state index in [9.17, 15) is 0 Å². The number of nitrogens with zero attached hydrogens (tertiary/aromatic N) is 5. The lowest BCUT2D eigenvalue weighted by Crippen LogP contribution is -2.31. The number of hydrogen-bond acceptors (Lipinski definition) is 7. The average molecular weight is 425 g/mol. The van der Waals surface area contributed by atoms with Crippen molar-refractivity contribution in [3.63, 3.8) is 0 Å². The maximum Gasteiger partial charge on any atom is 0.237 e. The van der Waals surface area contributed by atoms with Gasteiger partial charge in [0.2, 0.25) is 5.88 Å². The molecule has 0 spiro atoms. The van der Waals surface area contributed by atoms with E-state index < -0.39 is 0 Å². The Balaban J connectivity index is 1.23. The molecule has 0 saturated carbocycles. The predicted molar refractivity (Wildman–Crippen MR) is 124 cm³/mol. The number of rotatable bonds is 6. The molecule has 2 aromatic carbocycles. The molecule has 5 rings (SSSR count). The van der Waals surface area contributed by atoms with E-state index in [0.717, 1.165) is 43.3 Å². The molecule has 7 nitrogen and oxygen atoms in total. The number of hydrogen-bond donors (Lipinski definition) is 1. The highest BCUT2D eigenvalue weighted by atomic mass is 16.5. The van der Waals surface area contributed by atoms with E-state index in [-0.39, 0.29) is 0 Å². The average Bonchev–Trinajstić information content (AvgIpc) is 2.84. The second-order valence-corrected chi connectivity index (χ2v) is 7.79. The first-order valence-corrected chi connectivity index (χ1v) is 10.7. The molecule has 160 valence electrons. The van der Waals surface area contributed by atoms with E-state index >= 15 is 0 Å². The van der Waals surface area contributed by atoms with Crippen LogP contribution in [0, 0.1) is 6.92 Å². The Bertz CT molecular complexity index is 1180. The second-order valence-electron chi connectivity index (χ2n) is 7.79. The molecule has 1 N–H and O–H groups in total. The van der Waals surface area contributed by atoms with Crippen molar-refractivity contribution in [3.05, 3.63) is 95.6 Å². The lowest BCUT2D eigenvalue weighted by molar-refractivity contribution is 0.460. The van der Waals surface area contributed by atoms with Crippen LogP contribution in [0.1, 0.15) is 22.4 Å². The Kier molecular flexibility index (Phi) is 5.61. The highest BCUT2D eigenvalue weighted by Gasteiger charge is 2.20. The summed E-state index contributed by atoms with van der Waals surface area (Å²) in [6.45, 7) is 4.47. The minimum Gasteiger partial charge on any atom is -0.438 e. The van der Waals surface area contributed by atoms with Crippen molar-refractivity contribution in [2.75, 3.05) is 16.8 Å². The van der Waals surface area contributed by atoms with Crippen LogP contribution in [0.5, 0.6) is 11.6 Å². The highest BCUT2D eigenvalue weighted by Crippen LogP contribution is 2.29. The number of aromatic nitrogens is 4. The number of benzene rings is 2. The topological polar surface area (TPSA) is 76.1 Å². The molecule has 2 aromatic heterocycles. The van der Waals surface area contributed by atoms with Crippen LogP contribution < -0.4 is 15.0 Å². The zero-order valence-electron chi connectivity index (χ0n) is 17.9. The van der Waals surface area contributed by atoms with Crippen molar-refractivity contribution in [2.45, 2.75) is 26.4 Å². The first-order chi connectivity index (χ1) is 15.7. The monoisotopic (exact) mass is 424 g/mol. The molecule has 0 unspecified atom stereocenters. The van der Waals surface area contributed by atoms with E-state index in [2.05, 4.69) is 60.7 Å². The molecule has 32 heavy (non-hydrogen) atoms. The quantitative estimate of drug-likeness (QED) is 0.487. The highest BCUT2D eigenvalue weighted by molar-refractivity contribution is 5.58. The maximum atomic E-state index is 5.72. The van der Waals surface area contributed by atoms with Gasteiger partial charge in [-0.1, -0.05) is 24.3 Å². The van der Waals surface area contributed by atoms with Gasteiger partial charge in [-0.15, -0.1) is 5.10 Å². The standard InChI is InChI=1S/C25H24N6O/c1-18-5-10-24(30-29-18)31-14-11-22-20(17-31)3-2-4-23(22)28-15-19-6-8-21(9-7-19)32-25-16-26-12-13-27-25/h2-10,12-13,16,28H,11,14-15,17H2,1H3.